The van der Waals surface area contributed by atoms with E-state index in [9.17, 15) is 13.6 Å². The number of hydrogen-bond acceptors (Lipinski definition) is 4. The van der Waals surface area contributed by atoms with Crippen LogP contribution in [-0.2, 0) is 17.6 Å². The van der Waals surface area contributed by atoms with Crippen molar-refractivity contribution in [2.45, 2.75) is 38.1 Å². The molecule has 0 saturated heterocycles. The van der Waals surface area contributed by atoms with Crippen LogP contribution in [0.3, 0.4) is 0 Å². The Bertz CT molecular complexity index is 1210. The second kappa shape index (κ2) is 8.19. The lowest BCUT2D eigenvalue weighted by Crippen LogP contribution is -2.31. The van der Waals surface area contributed by atoms with Crippen LogP contribution in [0, 0.1) is 11.6 Å². The van der Waals surface area contributed by atoms with E-state index in [2.05, 4.69) is 15.4 Å². The molecule has 31 heavy (non-hydrogen) atoms. The molecule has 2 aromatic heterocycles. The molecule has 2 heterocycles. The van der Waals surface area contributed by atoms with Gasteiger partial charge in [0.15, 0.2) is 0 Å². The number of halogens is 2. The van der Waals surface area contributed by atoms with Gasteiger partial charge in [0.25, 0.3) is 0 Å². The van der Waals surface area contributed by atoms with Crippen LogP contribution >= 0.6 is 11.3 Å². The van der Waals surface area contributed by atoms with Crippen LogP contribution in [0.2, 0.25) is 0 Å². The monoisotopic (exact) mass is 438 g/mol. The molecule has 158 valence electrons. The van der Waals surface area contributed by atoms with E-state index < -0.39 is 11.6 Å². The Hall–Kier alpha value is -3.13. The van der Waals surface area contributed by atoms with Gasteiger partial charge in [0.05, 0.1) is 33.2 Å². The molecule has 1 aliphatic carbocycles. The van der Waals surface area contributed by atoms with Crippen LogP contribution < -0.4 is 5.32 Å². The normalized spacial score (nSPS) is 15.7. The maximum absolute atomic E-state index is 13.7. The summed E-state index contributed by atoms with van der Waals surface area (Å²) in [5.41, 5.74) is 3.10. The highest BCUT2D eigenvalue weighted by Gasteiger charge is 2.26. The Morgan fingerprint density at radius 2 is 2.00 bits per heavy atom. The van der Waals surface area contributed by atoms with Crippen molar-refractivity contribution in [3.8, 4) is 5.69 Å². The van der Waals surface area contributed by atoms with Gasteiger partial charge in [-0.2, -0.15) is 5.10 Å². The summed E-state index contributed by atoms with van der Waals surface area (Å²) in [6, 6.07) is 11.1. The molecule has 4 aromatic rings. The van der Waals surface area contributed by atoms with Gasteiger partial charge in [0.1, 0.15) is 11.6 Å². The van der Waals surface area contributed by atoms with Gasteiger partial charge in [-0.05, 0) is 43.5 Å². The van der Waals surface area contributed by atoms with Crippen LogP contribution in [-0.4, -0.2) is 20.7 Å². The van der Waals surface area contributed by atoms with E-state index in [4.69, 9.17) is 0 Å². The zero-order valence-corrected chi connectivity index (χ0v) is 17.5. The number of amides is 1. The smallest absolute Gasteiger partial charge is 0.220 e. The van der Waals surface area contributed by atoms with Crippen molar-refractivity contribution < 1.29 is 13.6 Å². The predicted molar refractivity (Wildman–Crippen MR) is 115 cm³/mol. The highest BCUT2D eigenvalue weighted by atomic mass is 32.1. The molecule has 1 N–H and O–H groups in total. The van der Waals surface area contributed by atoms with Gasteiger partial charge >= 0.3 is 0 Å². The van der Waals surface area contributed by atoms with Gasteiger partial charge in [0, 0.05) is 30.2 Å². The number of aromatic nitrogens is 3. The van der Waals surface area contributed by atoms with Crippen LogP contribution in [0.15, 0.2) is 48.7 Å². The molecule has 5 nitrogen and oxygen atoms in total. The van der Waals surface area contributed by atoms with Gasteiger partial charge in [-0.25, -0.2) is 18.4 Å². The van der Waals surface area contributed by atoms with E-state index in [0.717, 1.165) is 51.8 Å². The topological polar surface area (TPSA) is 59.8 Å². The molecule has 2 aromatic carbocycles. The summed E-state index contributed by atoms with van der Waals surface area (Å²) in [6.45, 7) is 0. The molecule has 0 spiro atoms. The molecule has 1 aliphatic rings. The molecule has 0 aliphatic heterocycles. The lowest BCUT2D eigenvalue weighted by molar-refractivity contribution is -0.121. The maximum Gasteiger partial charge on any atom is 0.220 e. The number of aryl methyl sites for hydroxylation is 1. The fourth-order valence-corrected chi connectivity index (χ4v) is 5.07. The van der Waals surface area contributed by atoms with Gasteiger partial charge < -0.3 is 5.32 Å². The fraction of sp³-hybridized carbons (Fsp3) is 0.261. The number of nitrogens with one attached hydrogen (secondary N) is 1. The van der Waals surface area contributed by atoms with Crippen LogP contribution in [0.1, 0.15) is 41.6 Å². The first-order valence-corrected chi connectivity index (χ1v) is 11.1. The van der Waals surface area contributed by atoms with E-state index >= 15 is 0 Å². The summed E-state index contributed by atoms with van der Waals surface area (Å²) < 4.78 is 30.0. The second-order valence-electron chi connectivity index (χ2n) is 7.67. The largest absolute Gasteiger partial charge is 0.349 e. The van der Waals surface area contributed by atoms with E-state index in [1.165, 1.54) is 12.1 Å². The fourth-order valence-electron chi connectivity index (χ4n) is 4.10. The number of carbonyl (C=O) groups is 1. The number of hydrogen-bond donors (Lipinski definition) is 1. The Kier molecular flexibility index (Phi) is 5.23. The third-order valence-electron chi connectivity index (χ3n) is 5.51. The van der Waals surface area contributed by atoms with Crippen molar-refractivity contribution in [2.24, 2.45) is 0 Å². The number of thiazole rings is 1. The van der Waals surface area contributed by atoms with Crippen molar-refractivity contribution in [1.82, 2.24) is 20.1 Å². The standard InChI is InChI=1S/C23H20F2N4OS/c24-14-10-15(25)12-16(11-14)29-20-6-3-5-18(17(20)13-26-29)27-22(30)8-9-23-28-19-4-1-2-7-21(19)31-23/h1-2,4,7,10-13,18H,3,5-6,8-9H2,(H,27,30). The molecule has 5 rings (SSSR count). The molecule has 0 bridgehead atoms. The van der Waals surface area contributed by atoms with Gasteiger partial charge in [-0.1, -0.05) is 12.1 Å². The summed E-state index contributed by atoms with van der Waals surface area (Å²) in [7, 11) is 0. The predicted octanol–water partition coefficient (Wildman–Crippen LogP) is 4.89. The molecule has 0 radical (unpaired) electrons. The third-order valence-corrected chi connectivity index (χ3v) is 6.61. The molecule has 0 saturated carbocycles. The SMILES string of the molecule is O=C(CCc1nc2ccccc2s1)NC1CCCc2c1cnn2-c1cc(F)cc(F)c1. The number of benzene rings is 2. The molecule has 0 fully saturated rings. The van der Waals surface area contributed by atoms with Crippen molar-refractivity contribution in [2.75, 3.05) is 0 Å². The van der Waals surface area contributed by atoms with Crippen molar-refractivity contribution >= 4 is 27.5 Å². The summed E-state index contributed by atoms with van der Waals surface area (Å²) in [5, 5.41) is 8.40. The average molecular weight is 439 g/mol. The van der Waals surface area contributed by atoms with E-state index in [1.54, 1.807) is 22.2 Å². The third kappa shape index (κ3) is 4.07. The Balaban J connectivity index is 1.29. The molecule has 1 atom stereocenters. The van der Waals surface area contributed by atoms with Crippen LogP contribution in [0.25, 0.3) is 15.9 Å². The lowest BCUT2D eigenvalue weighted by atomic mass is 9.92. The van der Waals surface area contributed by atoms with Crippen LogP contribution in [0.4, 0.5) is 8.78 Å². The van der Waals surface area contributed by atoms with Crippen molar-refractivity contribution in [3.05, 3.63) is 76.6 Å². The lowest BCUT2D eigenvalue weighted by Gasteiger charge is -2.24. The molecular formula is C23H20F2N4OS. The van der Waals surface area contributed by atoms with Crippen molar-refractivity contribution in [1.29, 1.82) is 0 Å². The number of para-hydroxylation sites is 1. The highest BCUT2D eigenvalue weighted by molar-refractivity contribution is 7.18. The molecule has 1 unspecified atom stereocenters. The molecule has 1 amide bonds. The Labute approximate surface area is 181 Å². The number of fused-ring (bicyclic) bond motifs is 2. The molecule has 8 heteroatoms. The van der Waals surface area contributed by atoms with Gasteiger partial charge in [0.2, 0.25) is 5.91 Å². The van der Waals surface area contributed by atoms with Crippen LogP contribution in [0.5, 0.6) is 0 Å². The van der Waals surface area contributed by atoms with E-state index in [-0.39, 0.29) is 11.9 Å². The summed E-state index contributed by atoms with van der Waals surface area (Å²) in [5.74, 6) is -1.33. The quantitative estimate of drug-likeness (QED) is 0.483. The minimum Gasteiger partial charge on any atom is -0.349 e. The summed E-state index contributed by atoms with van der Waals surface area (Å²) >= 11 is 1.61. The first kappa shape index (κ1) is 19.8. The second-order valence-corrected chi connectivity index (χ2v) is 8.79. The highest BCUT2D eigenvalue weighted by Crippen LogP contribution is 2.31. The number of carbonyl (C=O) groups excluding carboxylic acids is 1. The van der Waals surface area contributed by atoms with Gasteiger partial charge in [-0.15, -0.1) is 11.3 Å². The first-order chi connectivity index (χ1) is 15.1. The summed E-state index contributed by atoms with van der Waals surface area (Å²) in [4.78, 5) is 17.2. The van der Waals surface area contributed by atoms with E-state index in [0.29, 0.717) is 18.5 Å². The van der Waals surface area contributed by atoms with Gasteiger partial charge in [-0.3, -0.25) is 4.79 Å². The first-order valence-electron chi connectivity index (χ1n) is 10.2. The zero-order valence-electron chi connectivity index (χ0n) is 16.6. The zero-order chi connectivity index (χ0) is 21.4. The number of rotatable bonds is 5. The number of nitrogens with zero attached hydrogens (tertiary/aromatic N) is 3. The minimum atomic E-state index is -0.644. The summed E-state index contributed by atoms with van der Waals surface area (Å²) in [6.07, 6.45) is 5.05. The van der Waals surface area contributed by atoms with E-state index in [1.807, 2.05) is 24.3 Å². The average Bonchev–Trinajstić information content (AvgIpc) is 3.36. The Morgan fingerprint density at radius 1 is 1.19 bits per heavy atom. The minimum absolute atomic E-state index is 0.0401. The molecular weight excluding hydrogens is 418 g/mol. The van der Waals surface area contributed by atoms with Crippen molar-refractivity contribution in [3.63, 3.8) is 0 Å². The Morgan fingerprint density at radius 3 is 2.81 bits per heavy atom. The maximum atomic E-state index is 13.7.